The van der Waals surface area contributed by atoms with Crippen molar-refractivity contribution in [3.05, 3.63) is 233 Å². The quantitative estimate of drug-likeness (QED) is 0.140. The van der Waals surface area contributed by atoms with Crippen molar-refractivity contribution in [2.45, 2.75) is 143 Å². The lowest BCUT2D eigenvalue weighted by atomic mass is 9.33. The predicted octanol–water partition coefficient (Wildman–Crippen LogP) is 19.2. The Balaban J connectivity index is 1.22. The second kappa shape index (κ2) is 18.9. The summed E-state index contributed by atoms with van der Waals surface area (Å²) in [6.45, 7) is 33.6. The second-order valence-corrected chi connectivity index (χ2v) is 27.5. The van der Waals surface area contributed by atoms with E-state index in [9.17, 15) is 0 Å². The third-order valence-corrected chi connectivity index (χ3v) is 18.5. The molecule has 0 saturated carbocycles. The van der Waals surface area contributed by atoms with Crippen LogP contribution in [0.25, 0.3) is 33.4 Å². The molecule has 2 aliphatic heterocycles. The van der Waals surface area contributed by atoms with E-state index in [-0.39, 0.29) is 39.7 Å². The first-order valence-electron chi connectivity index (χ1n) is 29.2. The zero-order valence-electron chi connectivity index (χ0n) is 49.4. The van der Waals surface area contributed by atoms with E-state index in [0.717, 1.165) is 12.8 Å². The molecule has 0 radical (unpaired) electrons. The first-order chi connectivity index (χ1) is 37.5. The number of nitrogens with zero attached hydrogens (tertiary/aromatic N) is 2. The molecule has 0 saturated heterocycles. The molecular formula is C76H79BN2. The van der Waals surface area contributed by atoms with Crippen molar-refractivity contribution in [1.82, 2.24) is 0 Å². The van der Waals surface area contributed by atoms with Crippen molar-refractivity contribution in [3.8, 4) is 33.4 Å². The Morgan fingerprint density at radius 1 is 0.392 bits per heavy atom. The van der Waals surface area contributed by atoms with Gasteiger partial charge in [0, 0.05) is 39.4 Å². The van der Waals surface area contributed by atoms with Crippen LogP contribution in [-0.2, 0) is 27.1 Å². The van der Waals surface area contributed by atoms with Gasteiger partial charge in [-0.25, -0.2) is 0 Å². The number of benzene rings is 9. The van der Waals surface area contributed by atoms with Gasteiger partial charge in [0.05, 0.1) is 5.69 Å². The molecule has 0 atom stereocenters. The van der Waals surface area contributed by atoms with Gasteiger partial charge in [0.15, 0.2) is 0 Å². The van der Waals surface area contributed by atoms with Gasteiger partial charge in [-0.1, -0.05) is 224 Å². The van der Waals surface area contributed by atoms with Gasteiger partial charge in [0.2, 0.25) is 0 Å². The first kappa shape index (κ1) is 52.3. The summed E-state index contributed by atoms with van der Waals surface area (Å²) >= 11 is 0. The number of hydrogen-bond acceptors (Lipinski definition) is 2. The molecule has 0 spiro atoms. The maximum atomic E-state index is 2.73. The fraction of sp³-hybridized carbons (Fsp3) is 0.289. The van der Waals surface area contributed by atoms with Gasteiger partial charge in [-0.05, 0) is 190 Å². The molecule has 0 amide bonds. The van der Waals surface area contributed by atoms with Crippen molar-refractivity contribution in [1.29, 1.82) is 0 Å². The van der Waals surface area contributed by atoms with Crippen molar-refractivity contribution in [2.75, 3.05) is 9.80 Å². The van der Waals surface area contributed by atoms with E-state index in [2.05, 4.69) is 301 Å². The third-order valence-electron chi connectivity index (χ3n) is 18.5. The number of fused-ring (bicyclic) bond motifs is 5. The van der Waals surface area contributed by atoms with E-state index in [4.69, 9.17) is 0 Å². The van der Waals surface area contributed by atoms with Gasteiger partial charge < -0.3 is 9.80 Å². The van der Waals surface area contributed by atoms with Crippen LogP contribution in [0.1, 0.15) is 155 Å². The maximum absolute atomic E-state index is 2.73. The molecule has 0 bridgehead atoms. The Hall–Kier alpha value is -7.36. The molecule has 3 aliphatic rings. The Labute approximate surface area is 473 Å². The van der Waals surface area contributed by atoms with Crippen molar-refractivity contribution in [2.24, 2.45) is 0 Å². The molecule has 9 aromatic carbocycles. The highest BCUT2D eigenvalue weighted by Crippen LogP contribution is 2.53. The molecule has 2 heterocycles. The topological polar surface area (TPSA) is 6.48 Å². The lowest BCUT2D eigenvalue weighted by Crippen LogP contribution is -2.62. The Kier molecular flexibility index (Phi) is 12.5. The van der Waals surface area contributed by atoms with Crippen LogP contribution in [0.3, 0.4) is 0 Å². The van der Waals surface area contributed by atoms with Crippen LogP contribution in [0, 0.1) is 0 Å². The van der Waals surface area contributed by atoms with Crippen LogP contribution in [-0.4, -0.2) is 6.71 Å². The normalized spacial score (nSPS) is 15.4. The lowest BCUT2D eigenvalue weighted by molar-refractivity contribution is 0.332. The summed E-state index contributed by atoms with van der Waals surface area (Å²) in [5, 5.41) is 0. The largest absolute Gasteiger partial charge is 0.311 e. The van der Waals surface area contributed by atoms with Crippen LogP contribution < -0.4 is 26.2 Å². The van der Waals surface area contributed by atoms with E-state index in [1.54, 1.807) is 0 Å². The van der Waals surface area contributed by atoms with Crippen molar-refractivity contribution < 1.29 is 0 Å². The zero-order chi connectivity index (χ0) is 55.6. The second-order valence-electron chi connectivity index (χ2n) is 27.5. The van der Waals surface area contributed by atoms with E-state index in [1.165, 1.54) is 123 Å². The zero-order valence-corrected chi connectivity index (χ0v) is 49.4. The Morgan fingerprint density at radius 3 is 1.48 bits per heavy atom. The molecule has 79 heavy (non-hydrogen) atoms. The van der Waals surface area contributed by atoms with Crippen LogP contribution >= 0.6 is 0 Å². The minimum absolute atomic E-state index is 0.00104. The van der Waals surface area contributed by atoms with Gasteiger partial charge in [-0.3, -0.25) is 0 Å². The van der Waals surface area contributed by atoms with E-state index >= 15 is 0 Å². The monoisotopic (exact) mass is 1030 g/mol. The fourth-order valence-corrected chi connectivity index (χ4v) is 13.3. The highest BCUT2D eigenvalue weighted by atomic mass is 15.2. The first-order valence-corrected chi connectivity index (χ1v) is 29.2. The van der Waals surface area contributed by atoms with Gasteiger partial charge in [0.1, 0.15) is 0 Å². The van der Waals surface area contributed by atoms with Crippen molar-refractivity contribution in [3.63, 3.8) is 0 Å². The summed E-state index contributed by atoms with van der Waals surface area (Å²) in [7, 11) is 0. The van der Waals surface area contributed by atoms with Gasteiger partial charge in [-0.2, -0.15) is 0 Å². The molecule has 2 nitrogen and oxygen atoms in total. The van der Waals surface area contributed by atoms with Gasteiger partial charge in [-0.15, -0.1) is 0 Å². The standard InChI is InChI=1S/C76H79BN2/c1-49(2)52-42-69-71-70(43-52)79(66-36-34-58(73(6,7)8)45-61(66)55-40-53(50-25-18-15-19-26-50)39-54(41-55)51-27-20-16-21-28-51)68-48-63-62(74(9,10)37-38-75(63,11)12)47-65(68)77(71)64-35-33-59(76(13,14)56-29-22-17-23-30-56)46-67(64)78(69)60-32-24-31-57(44-60)72(3,4)5/h15-36,39-49H,37-38H2,1-14H3. The van der Waals surface area contributed by atoms with Gasteiger partial charge in [0.25, 0.3) is 6.71 Å². The molecule has 0 N–H and O–H groups in total. The number of hydrogen-bond donors (Lipinski definition) is 0. The molecule has 0 fully saturated rings. The molecule has 1 aliphatic carbocycles. The fourth-order valence-electron chi connectivity index (χ4n) is 13.3. The average Bonchev–Trinajstić information content (AvgIpc) is 3.63. The summed E-state index contributed by atoms with van der Waals surface area (Å²) in [5.41, 5.74) is 27.9. The average molecular weight is 1030 g/mol. The van der Waals surface area contributed by atoms with E-state index in [0.29, 0.717) is 0 Å². The Bertz CT molecular complexity index is 3750. The predicted molar refractivity (Wildman–Crippen MR) is 342 cm³/mol. The summed E-state index contributed by atoms with van der Waals surface area (Å²) in [5.74, 6) is 0.262. The summed E-state index contributed by atoms with van der Waals surface area (Å²) in [6.07, 6.45) is 2.28. The van der Waals surface area contributed by atoms with Crippen LogP contribution in [0.5, 0.6) is 0 Å². The van der Waals surface area contributed by atoms with E-state index in [1.807, 2.05) is 0 Å². The van der Waals surface area contributed by atoms with Crippen LogP contribution in [0.2, 0.25) is 0 Å². The molecule has 0 aromatic heterocycles. The third kappa shape index (κ3) is 9.06. The minimum atomic E-state index is -0.246. The highest BCUT2D eigenvalue weighted by Gasteiger charge is 2.47. The minimum Gasteiger partial charge on any atom is -0.311 e. The molecule has 3 heteroatoms. The molecule has 12 rings (SSSR count). The lowest BCUT2D eigenvalue weighted by Gasteiger charge is -2.48. The SMILES string of the molecule is CC(C)c1cc2c3c(c1)N(c1ccc(C(C)(C)C)cc1-c1cc(-c4ccccc4)cc(-c4ccccc4)c1)c1cc4c(cc1B3c1ccc(C(C)(C)c3ccccc3)cc1N2c1cccc(C(C)(C)C)c1)C(C)(C)CCC4(C)C. The molecular weight excluding hydrogens is 952 g/mol. The van der Waals surface area contributed by atoms with Crippen molar-refractivity contribution >= 4 is 57.2 Å². The summed E-state index contributed by atoms with van der Waals surface area (Å²) in [4.78, 5) is 5.39. The summed E-state index contributed by atoms with van der Waals surface area (Å²) < 4.78 is 0. The maximum Gasteiger partial charge on any atom is 0.252 e. The summed E-state index contributed by atoms with van der Waals surface area (Å²) in [6, 6.07) is 75.1. The van der Waals surface area contributed by atoms with Crippen LogP contribution in [0.4, 0.5) is 34.1 Å². The molecule has 396 valence electrons. The highest BCUT2D eigenvalue weighted by molar-refractivity contribution is 7.00. The number of anilines is 6. The molecule has 9 aromatic rings. The smallest absolute Gasteiger partial charge is 0.252 e. The number of rotatable bonds is 8. The molecule has 0 unspecified atom stereocenters. The van der Waals surface area contributed by atoms with Gasteiger partial charge >= 0.3 is 0 Å². The van der Waals surface area contributed by atoms with E-state index < -0.39 is 0 Å². The Morgan fingerprint density at radius 2 is 0.899 bits per heavy atom. The van der Waals surface area contributed by atoms with Crippen LogP contribution in [0.15, 0.2) is 194 Å².